The Morgan fingerprint density at radius 3 is 2.84 bits per heavy atom. The molecule has 0 atom stereocenters. The highest BCUT2D eigenvalue weighted by Crippen LogP contribution is 2.29. The third-order valence-corrected chi connectivity index (χ3v) is 4.40. The Hall–Kier alpha value is -1.32. The molecule has 19 heavy (non-hydrogen) atoms. The van der Waals surface area contributed by atoms with E-state index in [2.05, 4.69) is 22.5 Å². The number of thiazole rings is 1. The summed E-state index contributed by atoms with van der Waals surface area (Å²) in [6.45, 7) is 1.07. The van der Waals surface area contributed by atoms with Crippen LogP contribution in [0, 0.1) is 0 Å². The number of nitrogens with zero attached hydrogens (tertiary/aromatic N) is 1. The quantitative estimate of drug-likeness (QED) is 0.866. The van der Waals surface area contributed by atoms with Crippen LogP contribution in [0.15, 0.2) is 24.3 Å². The van der Waals surface area contributed by atoms with Gasteiger partial charge in [0.1, 0.15) is 10.0 Å². The van der Waals surface area contributed by atoms with Gasteiger partial charge in [0.25, 0.3) is 0 Å². The van der Waals surface area contributed by atoms with Crippen LogP contribution < -0.4 is 5.32 Å². The lowest BCUT2D eigenvalue weighted by atomic mass is 10.2. The van der Waals surface area contributed by atoms with Crippen molar-refractivity contribution in [2.75, 3.05) is 11.9 Å². The molecule has 0 aliphatic carbocycles. The van der Waals surface area contributed by atoms with Gasteiger partial charge in [0.15, 0.2) is 0 Å². The van der Waals surface area contributed by atoms with Gasteiger partial charge in [-0.1, -0.05) is 41.1 Å². The van der Waals surface area contributed by atoms with Crippen LogP contribution in [0.3, 0.4) is 0 Å². The van der Waals surface area contributed by atoms with E-state index in [0.29, 0.717) is 0 Å². The maximum absolute atomic E-state index is 5.87. The van der Waals surface area contributed by atoms with Crippen LogP contribution in [0.5, 0.6) is 0 Å². The minimum atomic E-state index is 0.766. The maximum atomic E-state index is 5.87. The molecule has 0 spiro atoms. The van der Waals surface area contributed by atoms with Crippen molar-refractivity contribution in [3.63, 3.8) is 0 Å². The second kappa shape index (κ2) is 5.76. The first-order valence-electron chi connectivity index (χ1n) is 6.48. The molecule has 1 aliphatic heterocycles. The lowest BCUT2D eigenvalue weighted by Crippen LogP contribution is -1.96. The number of rotatable bonds is 2. The number of aromatic nitrogens is 1. The van der Waals surface area contributed by atoms with Gasteiger partial charge in [-0.15, -0.1) is 0 Å². The predicted molar refractivity (Wildman–Crippen MR) is 83.9 cm³/mol. The Labute approximate surface area is 122 Å². The van der Waals surface area contributed by atoms with Crippen LogP contribution in [0.25, 0.3) is 12.2 Å². The van der Waals surface area contributed by atoms with Gasteiger partial charge in [0, 0.05) is 11.6 Å². The van der Waals surface area contributed by atoms with Crippen LogP contribution >= 0.6 is 22.9 Å². The van der Waals surface area contributed by atoms with Crippen molar-refractivity contribution in [1.82, 2.24) is 4.98 Å². The summed E-state index contributed by atoms with van der Waals surface area (Å²) in [6.07, 6.45) is 7.70. The zero-order valence-corrected chi connectivity index (χ0v) is 12.1. The first kappa shape index (κ1) is 12.7. The smallest absolute Gasteiger partial charge is 0.118 e. The summed E-state index contributed by atoms with van der Waals surface area (Å²) in [5, 5.41) is 6.53. The molecule has 4 heteroatoms. The summed E-state index contributed by atoms with van der Waals surface area (Å²) in [5.74, 6) is 0. The number of aryl methyl sites for hydroxylation is 1. The number of hydrogen-bond donors (Lipinski definition) is 1. The fourth-order valence-corrected chi connectivity index (χ4v) is 3.18. The summed E-state index contributed by atoms with van der Waals surface area (Å²) in [5.41, 5.74) is 2.36. The first-order valence-corrected chi connectivity index (χ1v) is 7.68. The maximum Gasteiger partial charge on any atom is 0.118 e. The summed E-state index contributed by atoms with van der Waals surface area (Å²) in [6, 6.07) is 7.82. The number of fused-ring (bicyclic) bond motifs is 1. The SMILES string of the molecule is Clc1ccc(C=Cc2nc3c(s2)NCCCC3)cc1. The van der Waals surface area contributed by atoms with Gasteiger partial charge in [-0.25, -0.2) is 4.98 Å². The van der Waals surface area contributed by atoms with Crippen LogP contribution in [0.2, 0.25) is 5.02 Å². The van der Waals surface area contributed by atoms with Crippen molar-refractivity contribution in [2.45, 2.75) is 19.3 Å². The Morgan fingerprint density at radius 2 is 2.00 bits per heavy atom. The molecule has 0 radical (unpaired) electrons. The van der Waals surface area contributed by atoms with Crippen molar-refractivity contribution in [3.05, 3.63) is 45.6 Å². The molecular formula is C15H15ClN2S. The molecule has 1 aliphatic rings. The van der Waals surface area contributed by atoms with E-state index >= 15 is 0 Å². The number of halogens is 1. The summed E-state index contributed by atoms with van der Waals surface area (Å²) in [4.78, 5) is 4.69. The largest absolute Gasteiger partial charge is 0.375 e. The Kier molecular flexibility index (Phi) is 3.85. The van der Waals surface area contributed by atoms with Crippen molar-refractivity contribution in [1.29, 1.82) is 0 Å². The van der Waals surface area contributed by atoms with E-state index in [4.69, 9.17) is 11.6 Å². The molecule has 0 bridgehead atoms. The van der Waals surface area contributed by atoms with Crippen molar-refractivity contribution in [2.24, 2.45) is 0 Å². The first-order chi connectivity index (χ1) is 9.31. The highest BCUT2D eigenvalue weighted by atomic mass is 35.5. The Morgan fingerprint density at radius 1 is 1.16 bits per heavy atom. The topological polar surface area (TPSA) is 24.9 Å². The second-order valence-corrected chi connectivity index (χ2v) is 6.06. The minimum Gasteiger partial charge on any atom is -0.375 e. The molecular weight excluding hydrogens is 276 g/mol. The zero-order valence-electron chi connectivity index (χ0n) is 10.5. The van der Waals surface area contributed by atoms with E-state index in [1.165, 1.54) is 23.5 Å². The van der Waals surface area contributed by atoms with Gasteiger partial charge < -0.3 is 5.32 Å². The van der Waals surface area contributed by atoms with E-state index in [9.17, 15) is 0 Å². The van der Waals surface area contributed by atoms with Crippen molar-refractivity contribution < 1.29 is 0 Å². The Balaban J connectivity index is 1.78. The minimum absolute atomic E-state index is 0.766. The average molecular weight is 291 g/mol. The normalized spacial score (nSPS) is 15.0. The van der Waals surface area contributed by atoms with Crippen LogP contribution in [0.4, 0.5) is 5.00 Å². The van der Waals surface area contributed by atoms with E-state index in [-0.39, 0.29) is 0 Å². The summed E-state index contributed by atoms with van der Waals surface area (Å²) in [7, 11) is 0. The fraction of sp³-hybridized carbons (Fsp3) is 0.267. The molecule has 98 valence electrons. The molecule has 0 fully saturated rings. The highest BCUT2D eigenvalue weighted by molar-refractivity contribution is 7.16. The number of benzene rings is 1. The molecule has 1 N–H and O–H groups in total. The molecule has 2 heterocycles. The standard InChI is InChI=1S/C15H15ClN2S/c16-12-7-4-11(5-8-12)6-9-14-18-13-3-1-2-10-17-15(13)19-14/h4-9,17H,1-3,10H2. The van der Waals surface area contributed by atoms with Gasteiger partial charge in [0.2, 0.25) is 0 Å². The molecule has 0 unspecified atom stereocenters. The Bertz CT molecular complexity index is 563. The van der Waals surface area contributed by atoms with Gasteiger partial charge >= 0.3 is 0 Å². The molecule has 3 rings (SSSR count). The third kappa shape index (κ3) is 3.17. The molecule has 0 amide bonds. The van der Waals surface area contributed by atoms with Gasteiger partial charge in [-0.2, -0.15) is 0 Å². The molecule has 1 aromatic carbocycles. The van der Waals surface area contributed by atoms with Crippen molar-refractivity contribution >= 4 is 40.1 Å². The van der Waals surface area contributed by atoms with E-state index in [1.54, 1.807) is 11.3 Å². The molecule has 2 aromatic rings. The summed E-state index contributed by atoms with van der Waals surface area (Å²) < 4.78 is 0. The second-order valence-electron chi connectivity index (χ2n) is 4.60. The number of nitrogens with one attached hydrogen (secondary N) is 1. The van der Waals surface area contributed by atoms with Crippen LogP contribution in [-0.2, 0) is 6.42 Å². The highest BCUT2D eigenvalue weighted by Gasteiger charge is 2.11. The fourth-order valence-electron chi connectivity index (χ4n) is 2.11. The number of anilines is 1. The summed E-state index contributed by atoms with van der Waals surface area (Å²) >= 11 is 7.61. The molecule has 1 aromatic heterocycles. The monoisotopic (exact) mass is 290 g/mol. The van der Waals surface area contributed by atoms with Crippen LogP contribution in [-0.4, -0.2) is 11.5 Å². The zero-order chi connectivity index (χ0) is 13.1. The predicted octanol–water partition coefficient (Wildman–Crippen LogP) is 4.72. The lowest BCUT2D eigenvalue weighted by Gasteiger charge is -1.96. The molecule has 0 saturated heterocycles. The van der Waals surface area contributed by atoms with Crippen molar-refractivity contribution in [3.8, 4) is 0 Å². The molecule has 2 nitrogen and oxygen atoms in total. The van der Waals surface area contributed by atoms with E-state index < -0.39 is 0 Å². The van der Waals surface area contributed by atoms with Gasteiger partial charge in [-0.3, -0.25) is 0 Å². The lowest BCUT2D eigenvalue weighted by molar-refractivity contribution is 0.774. The van der Waals surface area contributed by atoms with E-state index in [1.807, 2.05) is 24.3 Å². The van der Waals surface area contributed by atoms with Gasteiger partial charge in [-0.05, 0) is 43.0 Å². The average Bonchev–Trinajstić information content (AvgIpc) is 2.68. The number of hydrogen-bond acceptors (Lipinski definition) is 3. The van der Waals surface area contributed by atoms with Gasteiger partial charge in [0.05, 0.1) is 5.69 Å². The van der Waals surface area contributed by atoms with E-state index in [0.717, 1.165) is 28.6 Å². The van der Waals surface area contributed by atoms with Crippen LogP contribution in [0.1, 0.15) is 29.1 Å². The molecule has 0 saturated carbocycles. The third-order valence-electron chi connectivity index (χ3n) is 3.13.